The van der Waals surface area contributed by atoms with E-state index in [0.29, 0.717) is 13.2 Å². The molecular weight excluding hydrogens is 549 g/mol. The third-order valence-electron chi connectivity index (χ3n) is 6.82. The summed E-state index contributed by atoms with van der Waals surface area (Å²) in [6.07, 6.45) is 6.66. The highest BCUT2D eigenvalue weighted by Gasteiger charge is 2.39. The molecule has 12 heteroatoms. The highest BCUT2D eigenvalue weighted by Crippen LogP contribution is 2.22. The summed E-state index contributed by atoms with van der Waals surface area (Å²) in [5.74, 6) is 0. The number of unbranched alkanes of at least 4 members (excludes halogenated alkanes) is 1. The first-order valence-corrected chi connectivity index (χ1v) is 27.3. The van der Waals surface area contributed by atoms with E-state index in [-0.39, 0.29) is 12.2 Å². The van der Waals surface area contributed by atoms with Gasteiger partial charge in [0.1, 0.15) is 0 Å². The predicted octanol–water partition coefficient (Wildman–Crippen LogP) is 4.25. The van der Waals surface area contributed by atoms with E-state index in [0.717, 1.165) is 77.0 Å². The lowest BCUT2D eigenvalue weighted by Crippen LogP contribution is -2.60. The summed E-state index contributed by atoms with van der Waals surface area (Å²) in [5, 5.41) is 0. The Bertz CT molecular complexity index is 630. The van der Waals surface area contributed by atoms with Crippen molar-refractivity contribution in [3.8, 4) is 0 Å². The van der Waals surface area contributed by atoms with E-state index in [1.807, 2.05) is 0 Å². The Morgan fingerprint density at radius 2 is 1.05 bits per heavy atom. The second kappa shape index (κ2) is 15.7. The monoisotopic (exact) mass is 608 g/mol. The zero-order valence-corrected chi connectivity index (χ0v) is 30.4. The summed E-state index contributed by atoms with van der Waals surface area (Å²) in [5.41, 5.74) is 0. The van der Waals surface area contributed by atoms with E-state index < -0.39 is 33.3 Å². The standard InChI is InChI=1S/C26H60N2O6Si4/c1-11-31-35(3,4)21-27-17-25(33-37(7,8)23-27)19-29-15-13-14-16-30-20-26-18-28(24-38(9,10)34-26)22-36(5,6)32-12-2/h25-26H,11-24H2,1-10H3. The van der Waals surface area contributed by atoms with Gasteiger partial charge in [0.05, 0.1) is 25.4 Å². The summed E-state index contributed by atoms with van der Waals surface area (Å²) < 4.78 is 37.2. The SMILES string of the molecule is CCO[Si](C)(C)CN1CC(COCCCCOCC2CN(C[Si](C)(C)OCC)C[Si](C)(C)O2)O[Si](C)(C)C1. The maximum atomic E-state index is 6.46. The van der Waals surface area contributed by atoms with Crippen LogP contribution in [-0.2, 0) is 27.2 Å². The number of hydrogen-bond acceptors (Lipinski definition) is 8. The molecule has 0 spiro atoms. The van der Waals surface area contributed by atoms with E-state index in [4.69, 9.17) is 27.2 Å². The van der Waals surface area contributed by atoms with Crippen LogP contribution in [0.4, 0.5) is 0 Å². The fourth-order valence-electron chi connectivity index (χ4n) is 6.04. The van der Waals surface area contributed by atoms with Gasteiger partial charge in [-0.05, 0) is 79.1 Å². The summed E-state index contributed by atoms with van der Waals surface area (Å²) in [6, 6.07) is 0. The van der Waals surface area contributed by atoms with E-state index in [2.05, 4.69) is 76.0 Å². The molecule has 0 aromatic carbocycles. The summed E-state index contributed by atoms with van der Waals surface area (Å²) in [6.45, 7) is 29.1. The van der Waals surface area contributed by atoms with Crippen LogP contribution in [0.5, 0.6) is 0 Å². The second-order valence-corrected chi connectivity index (χ2v) is 30.0. The first-order chi connectivity index (χ1) is 17.6. The summed E-state index contributed by atoms with van der Waals surface area (Å²) >= 11 is 0. The molecule has 2 fully saturated rings. The molecule has 0 aromatic heterocycles. The van der Waals surface area contributed by atoms with Gasteiger partial charge in [-0.15, -0.1) is 0 Å². The lowest BCUT2D eigenvalue weighted by molar-refractivity contribution is 0.00167. The molecular formula is C26H60N2O6Si4. The maximum absolute atomic E-state index is 6.46. The molecule has 2 rings (SSSR count). The van der Waals surface area contributed by atoms with Crippen molar-refractivity contribution < 1.29 is 27.2 Å². The van der Waals surface area contributed by atoms with Crippen molar-refractivity contribution >= 4 is 33.3 Å². The smallest absolute Gasteiger partial charge is 0.201 e. The lowest BCUT2D eigenvalue weighted by Gasteiger charge is -2.43. The minimum absolute atomic E-state index is 0.169. The molecule has 226 valence electrons. The van der Waals surface area contributed by atoms with Crippen molar-refractivity contribution in [2.75, 3.05) is 77.4 Å². The first kappa shape index (κ1) is 34.7. The first-order valence-electron chi connectivity index (χ1n) is 14.9. The van der Waals surface area contributed by atoms with E-state index >= 15 is 0 Å². The van der Waals surface area contributed by atoms with Gasteiger partial charge in [-0.3, -0.25) is 0 Å². The summed E-state index contributed by atoms with van der Waals surface area (Å²) in [7, 11) is -6.71. The van der Waals surface area contributed by atoms with Gasteiger partial charge in [0.15, 0.2) is 16.6 Å². The van der Waals surface area contributed by atoms with Gasteiger partial charge in [0, 0.05) is 64.2 Å². The van der Waals surface area contributed by atoms with Crippen LogP contribution in [0.25, 0.3) is 0 Å². The van der Waals surface area contributed by atoms with E-state index in [1.165, 1.54) is 0 Å². The van der Waals surface area contributed by atoms with Crippen LogP contribution >= 0.6 is 0 Å². The second-order valence-electron chi connectivity index (χ2n) is 13.6. The highest BCUT2D eigenvalue weighted by atomic mass is 28.4. The molecule has 2 heterocycles. The van der Waals surface area contributed by atoms with Crippen molar-refractivity contribution in [1.82, 2.24) is 9.80 Å². The van der Waals surface area contributed by atoms with Crippen molar-refractivity contribution in [3.63, 3.8) is 0 Å². The zero-order valence-electron chi connectivity index (χ0n) is 26.4. The van der Waals surface area contributed by atoms with Gasteiger partial charge in [0.25, 0.3) is 0 Å². The quantitative estimate of drug-likeness (QED) is 0.179. The maximum Gasteiger partial charge on any atom is 0.201 e. The Labute approximate surface area is 238 Å². The molecule has 0 radical (unpaired) electrons. The molecule has 2 aliphatic heterocycles. The molecule has 0 saturated carbocycles. The van der Waals surface area contributed by atoms with Gasteiger partial charge in [-0.2, -0.15) is 0 Å². The number of ether oxygens (including phenoxy) is 2. The molecule has 2 atom stereocenters. The van der Waals surface area contributed by atoms with Crippen LogP contribution in [0.15, 0.2) is 0 Å². The van der Waals surface area contributed by atoms with Gasteiger partial charge in [0.2, 0.25) is 16.6 Å². The molecule has 8 nitrogen and oxygen atoms in total. The van der Waals surface area contributed by atoms with Gasteiger partial charge in [-0.1, -0.05) is 0 Å². The molecule has 38 heavy (non-hydrogen) atoms. The summed E-state index contributed by atoms with van der Waals surface area (Å²) in [4.78, 5) is 5.16. The van der Waals surface area contributed by atoms with E-state index in [9.17, 15) is 0 Å². The molecule has 0 bridgehead atoms. The minimum Gasteiger partial charge on any atom is -0.416 e. The fourth-order valence-corrected chi connectivity index (χ4v) is 15.7. The third-order valence-corrected chi connectivity index (χ3v) is 15.7. The molecule has 0 amide bonds. The Morgan fingerprint density at radius 1 is 0.684 bits per heavy atom. The molecule has 2 unspecified atom stereocenters. The molecule has 0 aromatic rings. The minimum atomic E-state index is -1.70. The number of rotatable bonds is 17. The van der Waals surface area contributed by atoms with Crippen molar-refractivity contribution in [2.45, 2.75) is 91.3 Å². The number of nitrogens with zero attached hydrogens (tertiary/aromatic N) is 2. The Kier molecular flexibility index (Phi) is 14.3. The molecule has 0 aliphatic carbocycles. The molecule has 0 N–H and O–H groups in total. The average Bonchev–Trinajstić information content (AvgIpc) is 2.72. The normalized spacial score (nSPS) is 25.1. The van der Waals surface area contributed by atoms with Gasteiger partial charge >= 0.3 is 0 Å². The Hall–Kier alpha value is 0.548. The van der Waals surface area contributed by atoms with Crippen molar-refractivity contribution in [2.24, 2.45) is 0 Å². The highest BCUT2D eigenvalue weighted by molar-refractivity contribution is 6.73. The molecule has 2 saturated heterocycles. The van der Waals surface area contributed by atoms with Crippen LogP contribution in [0.3, 0.4) is 0 Å². The molecule has 2 aliphatic rings. The van der Waals surface area contributed by atoms with Crippen LogP contribution < -0.4 is 0 Å². The average molecular weight is 609 g/mol. The number of hydrogen-bond donors (Lipinski definition) is 0. The largest absolute Gasteiger partial charge is 0.416 e. The lowest BCUT2D eigenvalue weighted by atomic mass is 10.3. The van der Waals surface area contributed by atoms with Gasteiger partial charge < -0.3 is 37.0 Å². The zero-order chi connectivity index (χ0) is 28.5. The fraction of sp³-hybridized carbons (Fsp3) is 1.00. The van der Waals surface area contributed by atoms with Crippen LogP contribution in [0, 0.1) is 0 Å². The van der Waals surface area contributed by atoms with Crippen molar-refractivity contribution in [1.29, 1.82) is 0 Å². The van der Waals surface area contributed by atoms with Gasteiger partial charge in [-0.25, -0.2) is 0 Å². The Balaban J connectivity index is 1.63. The van der Waals surface area contributed by atoms with Crippen LogP contribution in [0.1, 0.15) is 26.7 Å². The van der Waals surface area contributed by atoms with E-state index in [1.54, 1.807) is 0 Å². The topological polar surface area (TPSA) is 61.9 Å². The van der Waals surface area contributed by atoms with Crippen LogP contribution in [0.2, 0.25) is 52.4 Å². The third kappa shape index (κ3) is 13.9. The van der Waals surface area contributed by atoms with Crippen LogP contribution in [-0.4, -0.2) is 133 Å². The van der Waals surface area contributed by atoms with Crippen molar-refractivity contribution in [3.05, 3.63) is 0 Å². The Morgan fingerprint density at radius 3 is 1.39 bits per heavy atom. The predicted molar refractivity (Wildman–Crippen MR) is 167 cm³/mol.